The highest BCUT2D eigenvalue weighted by Gasteiger charge is 2.36. The minimum atomic E-state index is -0.962. The van der Waals surface area contributed by atoms with Crippen molar-refractivity contribution in [1.29, 1.82) is 0 Å². The van der Waals surface area contributed by atoms with Crippen molar-refractivity contribution in [3.8, 4) is 5.82 Å². The van der Waals surface area contributed by atoms with E-state index in [0.717, 1.165) is 17.9 Å². The van der Waals surface area contributed by atoms with Gasteiger partial charge in [0.15, 0.2) is 0 Å². The Hall–Kier alpha value is -3.45. The lowest BCUT2D eigenvalue weighted by atomic mass is 10.6. The summed E-state index contributed by atoms with van der Waals surface area (Å²) in [4.78, 5) is 35.8. The summed E-state index contributed by atoms with van der Waals surface area (Å²) >= 11 is 0. The van der Waals surface area contributed by atoms with Crippen LogP contribution in [-0.4, -0.2) is 39.1 Å². The number of aromatic nitrogens is 5. The summed E-state index contributed by atoms with van der Waals surface area (Å²) in [5, 5.41) is 35.4. The Labute approximate surface area is 107 Å². The Morgan fingerprint density at radius 3 is 2.20 bits per heavy atom. The highest BCUT2D eigenvalue weighted by molar-refractivity contribution is 5.46. The number of nitrogens with zero attached hydrogens (tertiary/aromatic N) is 8. The molecule has 0 bridgehead atoms. The van der Waals surface area contributed by atoms with Gasteiger partial charge in [-0.2, -0.15) is 4.57 Å². The molecule has 2 aromatic rings. The van der Waals surface area contributed by atoms with Crippen LogP contribution < -0.4 is 0 Å². The zero-order valence-electron chi connectivity index (χ0n) is 9.60. The smallest absolute Gasteiger partial charge is 0.390 e. The Bertz CT molecular complexity index is 730. The Morgan fingerprint density at radius 1 is 1.10 bits per heavy atom. The van der Waals surface area contributed by atoms with E-state index < -0.39 is 38.3 Å². The lowest BCUT2D eigenvalue weighted by Crippen LogP contribution is -2.07. The van der Waals surface area contributed by atoms with Crippen LogP contribution in [0.15, 0.2) is 6.33 Å². The maximum Gasteiger partial charge on any atom is 0.491 e. The molecule has 0 saturated carbocycles. The zero-order valence-corrected chi connectivity index (χ0v) is 9.60. The topological polar surface area (TPSA) is 178 Å². The molecule has 104 valence electrons. The van der Waals surface area contributed by atoms with Crippen molar-refractivity contribution < 1.29 is 14.8 Å². The maximum absolute atomic E-state index is 10.8. The van der Waals surface area contributed by atoms with Crippen molar-refractivity contribution in [3.63, 3.8) is 0 Å². The van der Waals surface area contributed by atoms with Gasteiger partial charge in [0.25, 0.3) is 0 Å². The second-order valence-electron chi connectivity index (χ2n) is 3.38. The van der Waals surface area contributed by atoms with Crippen LogP contribution in [0, 0.1) is 30.3 Å². The van der Waals surface area contributed by atoms with Crippen molar-refractivity contribution >= 4 is 17.7 Å². The average Bonchev–Trinajstić information content (AvgIpc) is 2.92. The van der Waals surface area contributed by atoms with Crippen LogP contribution >= 0.6 is 0 Å². The van der Waals surface area contributed by atoms with E-state index in [9.17, 15) is 30.3 Å². The molecule has 0 amide bonds. The molecule has 20 heavy (non-hydrogen) atoms. The number of imidazole rings is 1. The minimum absolute atomic E-state index is 0.415. The van der Waals surface area contributed by atoms with Crippen molar-refractivity contribution in [3.05, 3.63) is 36.7 Å². The molecule has 2 heterocycles. The zero-order chi connectivity index (χ0) is 15.0. The van der Waals surface area contributed by atoms with Gasteiger partial charge in [-0.1, -0.05) is 9.67 Å². The van der Waals surface area contributed by atoms with E-state index in [-0.39, 0.29) is 0 Å². The van der Waals surface area contributed by atoms with Gasteiger partial charge in [0.05, 0.1) is 7.05 Å². The SMILES string of the molecule is Cn1c([N+](=O)[O-])nc([N+](=O)[O-])c1-n1cnc([N+](=O)[O-])n1. The molecule has 0 aliphatic rings. The summed E-state index contributed by atoms with van der Waals surface area (Å²) in [5.41, 5.74) is 0. The van der Waals surface area contributed by atoms with E-state index in [1.165, 1.54) is 0 Å². The number of nitro groups is 3. The van der Waals surface area contributed by atoms with Crippen LogP contribution in [0.2, 0.25) is 0 Å². The van der Waals surface area contributed by atoms with Crippen LogP contribution in [0.1, 0.15) is 0 Å². The molecule has 0 aromatic carbocycles. The summed E-state index contributed by atoms with van der Waals surface area (Å²) in [7, 11) is 1.14. The molecule has 14 heteroatoms. The number of rotatable bonds is 4. The first-order chi connectivity index (χ1) is 9.32. The normalized spacial score (nSPS) is 10.4. The van der Waals surface area contributed by atoms with Crippen molar-refractivity contribution in [1.82, 2.24) is 24.3 Å². The summed E-state index contributed by atoms with van der Waals surface area (Å²) in [6.45, 7) is 0. The second kappa shape index (κ2) is 4.34. The van der Waals surface area contributed by atoms with Gasteiger partial charge < -0.3 is 30.3 Å². The highest BCUT2D eigenvalue weighted by atomic mass is 16.6. The van der Waals surface area contributed by atoms with Crippen LogP contribution in [0.4, 0.5) is 17.7 Å². The number of hydrogen-bond donors (Lipinski definition) is 0. The predicted octanol–water partition coefficient (Wildman–Crippen LogP) is -0.275. The van der Waals surface area contributed by atoms with E-state index in [2.05, 4.69) is 15.1 Å². The summed E-state index contributed by atoms with van der Waals surface area (Å²) in [6.07, 6.45) is 0.825. The lowest BCUT2D eigenvalue weighted by Gasteiger charge is -1.95. The molecular weight excluding hydrogens is 280 g/mol. The summed E-state index contributed by atoms with van der Waals surface area (Å²) in [6, 6.07) is 0. The molecule has 0 radical (unpaired) electrons. The van der Waals surface area contributed by atoms with Gasteiger partial charge in [-0.05, 0) is 14.8 Å². The third kappa shape index (κ3) is 1.89. The van der Waals surface area contributed by atoms with E-state index in [4.69, 9.17) is 0 Å². The largest absolute Gasteiger partial charge is 0.491 e. The van der Waals surface area contributed by atoms with E-state index >= 15 is 0 Å². The van der Waals surface area contributed by atoms with Gasteiger partial charge in [-0.15, -0.1) is 0 Å². The molecule has 14 nitrogen and oxygen atoms in total. The Balaban J connectivity index is 2.67. The third-order valence-electron chi connectivity index (χ3n) is 2.22. The third-order valence-corrected chi connectivity index (χ3v) is 2.22. The molecule has 0 unspecified atom stereocenters. The molecular formula is C6H4N8O6. The summed E-state index contributed by atoms with van der Waals surface area (Å²) < 4.78 is 1.45. The predicted molar refractivity (Wildman–Crippen MR) is 58.1 cm³/mol. The fourth-order valence-electron chi connectivity index (χ4n) is 1.45. The molecule has 0 spiro atoms. The number of hydrogen-bond acceptors (Lipinski definition) is 9. The van der Waals surface area contributed by atoms with Gasteiger partial charge >= 0.3 is 23.5 Å². The first-order valence-electron chi connectivity index (χ1n) is 4.75. The van der Waals surface area contributed by atoms with Gasteiger partial charge in [-0.25, -0.2) is 0 Å². The highest BCUT2D eigenvalue weighted by Crippen LogP contribution is 2.26. The van der Waals surface area contributed by atoms with Gasteiger partial charge in [-0.3, -0.25) is 0 Å². The van der Waals surface area contributed by atoms with Crippen molar-refractivity contribution in [2.45, 2.75) is 0 Å². The van der Waals surface area contributed by atoms with Crippen LogP contribution in [0.25, 0.3) is 5.82 Å². The second-order valence-corrected chi connectivity index (χ2v) is 3.38. The first kappa shape index (κ1) is 13.0. The molecule has 2 aromatic heterocycles. The standard InChI is InChI=1S/C6H4N8O6/c1-10-4(11-2-7-5(9-11)13(17)18)3(12(15)16)8-6(10)14(19)20/h2H,1H3. The molecule has 0 N–H and O–H groups in total. The summed E-state index contributed by atoms with van der Waals surface area (Å²) in [5.74, 6) is -2.88. The fourth-order valence-corrected chi connectivity index (χ4v) is 1.45. The molecule has 0 aliphatic heterocycles. The maximum atomic E-state index is 10.8. The lowest BCUT2D eigenvalue weighted by molar-refractivity contribution is -0.403. The Morgan fingerprint density at radius 2 is 1.75 bits per heavy atom. The minimum Gasteiger partial charge on any atom is -0.390 e. The molecule has 0 atom stereocenters. The molecule has 0 fully saturated rings. The van der Waals surface area contributed by atoms with Crippen LogP contribution in [0.3, 0.4) is 0 Å². The average molecular weight is 284 g/mol. The monoisotopic (exact) mass is 284 g/mol. The first-order valence-corrected chi connectivity index (χ1v) is 4.75. The fraction of sp³-hybridized carbons (Fsp3) is 0.167. The molecule has 0 aliphatic carbocycles. The van der Waals surface area contributed by atoms with Crippen molar-refractivity contribution in [2.75, 3.05) is 0 Å². The van der Waals surface area contributed by atoms with E-state index in [1.54, 1.807) is 0 Å². The van der Waals surface area contributed by atoms with Crippen LogP contribution in [-0.2, 0) is 7.05 Å². The quantitative estimate of drug-likeness (QED) is 0.539. The van der Waals surface area contributed by atoms with Gasteiger partial charge in [0, 0.05) is 10.1 Å². The van der Waals surface area contributed by atoms with Gasteiger partial charge in [0.2, 0.25) is 6.33 Å². The molecule has 2 rings (SSSR count). The van der Waals surface area contributed by atoms with Crippen molar-refractivity contribution in [2.24, 2.45) is 7.05 Å². The molecule has 0 saturated heterocycles. The Kier molecular flexibility index (Phi) is 2.82. The van der Waals surface area contributed by atoms with Crippen LogP contribution in [0.5, 0.6) is 0 Å². The van der Waals surface area contributed by atoms with E-state index in [0.29, 0.717) is 4.68 Å². The van der Waals surface area contributed by atoms with Gasteiger partial charge in [0.1, 0.15) is 0 Å². The van der Waals surface area contributed by atoms with E-state index in [1.807, 2.05) is 0 Å².